The zero-order valence-corrected chi connectivity index (χ0v) is 20.2. The third-order valence-corrected chi connectivity index (χ3v) is 7.88. The minimum absolute atomic E-state index is 0.0926. The van der Waals surface area contributed by atoms with E-state index in [9.17, 15) is 9.18 Å². The third kappa shape index (κ3) is 4.01. The van der Waals surface area contributed by atoms with E-state index in [2.05, 4.69) is 34.2 Å². The van der Waals surface area contributed by atoms with Gasteiger partial charge in [-0.05, 0) is 64.4 Å². The summed E-state index contributed by atoms with van der Waals surface area (Å²) in [5.41, 5.74) is 2.22. The van der Waals surface area contributed by atoms with Crippen molar-refractivity contribution in [3.05, 3.63) is 47.5 Å². The second-order valence-electron chi connectivity index (χ2n) is 9.97. The molecule has 1 aromatic heterocycles. The zero-order valence-electron chi connectivity index (χ0n) is 20.2. The van der Waals surface area contributed by atoms with Crippen LogP contribution >= 0.6 is 0 Å². The van der Waals surface area contributed by atoms with E-state index in [0.717, 1.165) is 55.7 Å². The van der Waals surface area contributed by atoms with Crippen molar-refractivity contribution < 1.29 is 13.9 Å². The van der Waals surface area contributed by atoms with Gasteiger partial charge in [-0.15, -0.1) is 0 Å². The lowest BCUT2D eigenvalue weighted by Gasteiger charge is -2.48. The first-order valence-electron chi connectivity index (χ1n) is 12.0. The molecule has 5 rings (SSSR count). The first kappa shape index (κ1) is 23.0. The third-order valence-electron chi connectivity index (χ3n) is 7.88. The van der Waals surface area contributed by atoms with Gasteiger partial charge in [0.25, 0.3) is 0 Å². The highest BCUT2D eigenvalue weighted by molar-refractivity contribution is 5.95. The second kappa shape index (κ2) is 8.78. The van der Waals surface area contributed by atoms with E-state index in [1.807, 2.05) is 19.1 Å². The van der Waals surface area contributed by atoms with Crippen LogP contribution in [-0.2, 0) is 10.3 Å². The highest BCUT2D eigenvalue weighted by Gasteiger charge is 2.50. The Morgan fingerprint density at radius 1 is 1.09 bits per heavy atom. The number of amides is 2. The monoisotopic (exact) mass is 468 g/mol. The maximum Gasteiger partial charge on any atom is 0.322 e. The molecule has 3 heterocycles. The van der Waals surface area contributed by atoms with Crippen LogP contribution in [0.1, 0.15) is 36.9 Å². The lowest BCUT2D eigenvalue weighted by Crippen LogP contribution is -2.54. The van der Waals surface area contributed by atoms with Crippen molar-refractivity contribution in [2.45, 2.75) is 43.7 Å². The van der Waals surface area contributed by atoms with Gasteiger partial charge < -0.3 is 15.0 Å². The SMILES string of the molecule is Cc1nc(N2CCOCC2)ncc1N1C[C@]2(CC[C@](c3ccc(F)cc3)(N(C)C)CC2)NC1=O. The van der Waals surface area contributed by atoms with Gasteiger partial charge in [0.2, 0.25) is 5.95 Å². The summed E-state index contributed by atoms with van der Waals surface area (Å²) in [6.07, 6.45) is 5.22. The lowest BCUT2D eigenvalue weighted by molar-refractivity contribution is 0.0657. The molecule has 2 aliphatic heterocycles. The van der Waals surface area contributed by atoms with E-state index < -0.39 is 0 Å². The zero-order chi connectivity index (χ0) is 23.9. The predicted molar refractivity (Wildman–Crippen MR) is 129 cm³/mol. The molecule has 1 saturated carbocycles. The second-order valence-corrected chi connectivity index (χ2v) is 9.97. The summed E-state index contributed by atoms with van der Waals surface area (Å²) in [6.45, 7) is 5.42. The van der Waals surface area contributed by atoms with Crippen molar-refractivity contribution in [3.63, 3.8) is 0 Å². The standard InChI is InChI=1S/C25H33FN6O2/c1-18-21(16-27-22(28-18)31-12-14-34-15-13-31)32-17-24(29-23(32)33)8-10-25(11-9-24,30(2)3)19-4-6-20(26)7-5-19/h4-7,16H,8-15,17H2,1-3H3,(H,29,33)/t24-,25+. The van der Waals surface area contributed by atoms with Crippen molar-refractivity contribution in [2.75, 3.05) is 56.7 Å². The molecule has 1 N–H and O–H groups in total. The number of halogens is 1. The van der Waals surface area contributed by atoms with Gasteiger partial charge >= 0.3 is 6.03 Å². The minimum atomic E-state index is -0.286. The number of aromatic nitrogens is 2. The number of hydrogen-bond donors (Lipinski definition) is 1. The number of rotatable bonds is 4. The number of aryl methyl sites for hydroxylation is 1. The summed E-state index contributed by atoms with van der Waals surface area (Å²) in [5, 5.41) is 3.29. The van der Waals surface area contributed by atoms with Crippen LogP contribution in [0.25, 0.3) is 0 Å². The van der Waals surface area contributed by atoms with Gasteiger partial charge in [-0.3, -0.25) is 9.80 Å². The van der Waals surface area contributed by atoms with Gasteiger partial charge in [0.05, 0.1) is 42.9 Å². The van der Waals surface area contributed by atoms with Crippen LogP contribution in [0.5, 0.6) is 0 Å². The van der Waals surface area contributed by atoms with Crippen LogP contribution in [0.4, 0.5) is 20.8 Å². The van der Waals surface area contributed by atoms with Crippen molar-refractivity contribution >= 4 is 17.7 Å². The Hall–Kier alpha value is -2.78. The molecule has 1 aliphatic carbocycles. The van der Waals surface area contributed by atoms with E-state index in [-0.39, 0.29) is 22.9 Å². The van der Waals surface area contributed by atoms with Gasteiger partial charge in [0, 0.05) is 18.6 Å². The van der Waals surface area contributed by atoms with Gasteiger partial charge in [0.15, 0.2) is 0 Å². The van der Waals surface area contributed by atoms with E-state index in [0.29, 0.717) is 25.7 Å². The molecule has 0 bridgehead atoms. The highest BCUT2D eigenvalue weighted by atomic mass is 19.1. The summed E-state index contributed by atoms with van der Waals surface area (Å²) in [5.74, 6) is 0.465. The molecule has 0 atom stereocenters. The highest BCUT2D eigenvalue weighted by Crippen LogP contribution is 2.46. The summed E-state index contributed by atoms with van der Waals surface area (Å²) < 4.78 is 19.0. The average Bonchev–Trinajstić information content (AvgIpc) is 3.16. The number of hydrogen-bond acceptors (Lipinski definition) is 6. The molecule has 2 amide bonds. The summed E-state index contributed by atoms with van der Waals surface area (Å²) in [4.78, 5) is 28.5. The van der Waals surface area contributed by atoms with Crippen LogP contribution in [0.3, 0.4) is 0 Å². The first-order chi connectivity index (χ1) is 16.3. The fourth-order valence-corrected chi connectivity index (χ4v) is 5.71. The molecular formula is C25H33FN6O2. The largest absolute Gasteiger partial charge is 0.378 e. The van der Waals surface area contributed by atoms with Gasteiger partial charge in [-0.25, -0.2) is 19.2 Å². The fraction of sp³-hybridized carbons (Fsp3) is 0.560. The topological polar surface area (TPSA) is 73.8 Å². The Kier molecular flexibility index (Phi) is 5.93. The molecule has 0 radical (unpaired) electrons. The Bertz CT molecular complexity index is 1050. The Morgan fingerprint density at radius 3 is 2.38 bits per heavy atom. The molecule has 2 aromatic rings. The van der Waals surface area contributed by atoms with Crippen LogP contribution in [0, 0.1) is 12.7 Å². The van der Waals surface area contributed by atoms with Crippen LogP contribution in [-0.4, -0.2) is 73.4 Å². The average molecular weight is 469 g/mol. The summed E-state index contributed by atoms with van der Waals surface area (Å²) >= 11 is 0. The molecular weight excluding hydrogens is 435 g/mol. The number of anilines is 2. The van der Waals surface area contributed by atoms with Crippen molar-refractivity contribution in [3.8, 4) is 0 Å². The van der Waals surface area contributed by atoms with Crippen molar-refractivity contribution in [2.24, 2.45) is 0 Å². The summed E-state index contributed by atoms with van der Waals surface area (Å²) in [6, 6.07) is 6.76. The van der Waals surface area contributed by atoms with Crippen LogP contribution in [0.15, 0.2) is 30.5 Å². The van der Waals surface area contributed by atoms with Gasteiger partial charge in [-0.2, -0.15) is 0 Å². The number of nitrogens with zero attached hydrogens (tertiary/aromatic N) is 5. The van der Waals surface area contributed by atoms with E-state index in [1.54, 1.807) is 11.1 Å². The van der Waals surface area contributed by atoms with Gasteiger partial charge in [-0.1, -0.05) is 12.1 Å². The Morgan fingerprint density at radius 2 is 1.76 bits per heavy atom. The van der Waals surface area contributed by atoms with E-state index >= 15 is 0 Å². The maximum atomic E-state index is 13.5. The van der Waals surface area contributed by atoms with Gasteiger partial charge in [0.1, 0.15) is 5.82 Å². The molecule has 8 nitrogen and oxygen atoms in total. The predicted octanol–water partition coefficient (Wildman–Crippen LogP) is 3.06. The Labute approximate surface area is 200 Å². The Balaban J connectivity index is 1.33. The number of carbonyl (C=O) groups is 1. The number of ether oxygens (including phenoxy) is 1. The molecule has 2 saturated heterocycles. The fourth-order valence-electron chi connectivity index (χ4n) is 5.71. The summed E-state index contributed by atoms with van der Waals surface area (Å²) in [7, 11) is 4.16. The number of morpholine rings is 1. The minimum Gasteiger partial charge on any atom is -0.378 e. The molecule has 34 heavy (non-hydrogen) atoms. The lowest BCUT2D eigenvalue weighted by atomic mass is 9.69. The molecule has 0 unspecified atom stereocenters. The normalized spacial score (nSPS) is 27.5. The molecule has 1 spiro atoms. The molecule has 3 aliphatic rings. The van der Waals surface area contributed by atoms with Crippen molar-refractivity contribution in [1.29, 1.82) is 0 Å². The molecule has 9 heteroatoms. The molecule has 1 aromatic carbocycles. The smallest absolute Gasteiger partial charge is 0.322 e. The van der Waals surface area contributed by atoms with E-state index in [1.165, 1.54) is 12.1 Å². The number of nitrogens with one attached hydrogen (secondary N) is 1. The maximum absolute atomic E-state index is 13.5. The number of carbonyl (C=O) groups excluding carboxylic acids is 1. The molecule has 3 fully saturated rings. The van der Waals surface area contributed by atoms with Crippen LogP contribution < -0.4 is 15.1 Å². The quantitative estimate of drug-likeness (QED) is 0.744. The van der Waals surface area contributed by atoms with Crippen molar-refractivity contribution in [1.82, 2.24) is 20.2 Å². The van der Waals surface area contributed by atoms with E-state index in [4.69, 9.17) is 9.72 Å². The van der Waals surface area contributed by atoms with Crippen LogP contribution in [0.2, 0.25) is 0 Å². The molecule has 182 valence electrons. The number of benzene rings is 1. The first-order valence-corrected chi connectivity index (χ1v) is 12.0. The number of urea groups is 1.